The van der Waals surface area contributed by atoms with E-state index in [-0.39, 0.29) is 0 Å². The molecule has 0 saturated carbocycles. The van der Waals surface area contributed by atoms with Crippen molar-refractivity contribution in [2.24, 2.45) is 0 Å². The average Bonchev–Trinajstić information content (AvgIpc) is 2.90. The summed E-state index contributed by atoms with van der Waals surface area (Å²) < 4.78 is 24.7. The first-order valence-corrected chi connectivity index (χ1v) is 10.0. The zero-order valence-corrected chi connectivity index (χ0v) is 14.1. The standard InChI is InChI=1S/C13H22N4O2S2/c1-14-10-4-3-5-11-12(10)15-13(20-11)16-6-8-17(9-7-16)21(2,18)19/h10,14H,3-9H2,1-2H3. The SMILES string of the molecule is CNC1CCCc2sc(N3CCN(S(C)(=O)=O)CC3)nc21. The molecule has 8 heteroatoms. The Labute approximate surface area is 130 Å². The minimum Gasteiger partial charge on any atom is -0.345 e. The summed E-state index contributed by atoms with van der Waals surface area (Å²) in [6.07, 6.45) is 4.76. The summed E-state index contributed by atoms with van der Waals surface area (Å²) in [5.41, 5.74) is 1.20. The third-order valence-corrected chi connectivity index (χ3v) is 6.76. The van der Waals surface area contributed by atoms with Crippen molar-refractivity contribution >= 4 is 26.5 Å². The van der Waals surface area contributed by atoms with E-state index in [2.05, 4.69) is 10.2 Å². The van der Waals surface area contributed by atoms with Gasteiger partial charge in [0.05, 0.1) is 18.0 Å². The van der Waals surface area contributed by atoms with Gasteiger partial charge in [-0.2, -0.15) is 4.31 Å². The highest BCUT2D eigenvalue weighted by molar-refractivity contribution is 7.88. The maximum absolute atomic E-state index is 11.6. The Bertz CT molecular complexity index is 606. The van der Waals surface area contributed by atoms with Crippen molar-refractivity contribution in [1.29, 1.82) is 0 Å². The number of hydrogen-bond donors (Lipinski definition) is 1. The average molecular weight is 330 g/mol. The van der Waals surface area contributed by atoms with Gasteiger partial charge in [0.1, 0.15) is 0 Å². The molecule has 1 aromatic heterocycles. The summed E-state index contributed by atoms with van der Waals surface area (Å²) in [6.45, 7) is 2.56. The summed E-state index contributed by atoms with van der Waals surface area (Å²) in [6, 6.07) is 0.371. The van der Waals surface area contributed by atoms with E-state index < -0.39 is 10.0 Å². The minimum absolute atomic E-state index is 0.371. The maximum atomic E-state index is 11.6. The Kier molecular flexibility index (Phi) is 4.22. The van der Waals surface area contributed by atoms with Crippen molar-refractivity contribution in [2.75, 3.05) is 44.4 Å². The molecule has 2 heterocycles. The lowest BCUT2D eigenvalue weighted by atomic mass is 9.98. The first-order valence-electron chi connectivity index (χ1n) is 7.36. The van der Waals surface area contributed by atoms with Crippen LogP contribution in [0.15, 0.2) is 0 Å². The van der Waals surface area contributed by atoms with Crippen LogP contribution in [0, 0.1) is 0 Å². The van der Waals surface area contributed by atoms with E-state index in [0.29, 0.717) is 19.1 Å². The molecule has 1 aliphatic carbocycles. The predicted octanol–water partition coefficient (Wildman–Crippen LogP) is 0.822. The van der Waals surface area contributed by atoms with Gasteiger partial charge in [-0.25, -0.2) is 13.4 Å². The molecule has 0 bridgehead atoms. The molecular weight excluding hydrogens is 308 g/mol. The molecule has 1 atom stereocenters. The molecule has 1 fully saturated rings. The third-order valence-electron chi connectivity index (χ3n) is 4.27. The minimum atomic E-state index is -3.07. The van der Waals surface area contributed by atoms with E-state index in [1.54, 1.807) is 15.6 Å². The number of piperazine rings is 1. The molecule has 0 spiro atoms. The maximum Gasteiger partial charge on any atom is 0.211 e. The molecule has 1 N–H and O–H groups in total. The molecule has 1 aromatic rings. The molecule has 1 saturated heterocycles. The second-order valence-electron chi connectivity index (χ2n) is 5.69. The van der Waals surface area contributed by atoms with Gasteiger partial charge < -0.3 is 10.2 Å². The zero-order chi connectivity index (χ0) is 15.0. The molecule has 1 unspecified atom stereocenters. The van der Waals surface area contributed by atoms with E-state index in [1.807, 2.05) is 7.05 Å². The number of aromatic nitrogens is 1. The second kappa shape index (κ2) is 5.83. The number of nitrogens with one attached hydrogen (secondary N) is 1. The lowest BCUT2D eigenvalue weighted by Crippen LogP contribution is -2.48. The Balaban J connectivity index is 1.73. The van der Waals surface area contributed by atoms with E-state index in [9.17, 15) is 8.42 Å². The number of hydrogen-bond acceptors (Lipinski definition) is 6. The van der Waals surface area contributed by atoms with Crippen molar-refractivity contribution < 1.29 is 8.42 Å². The largest absolute Gasteiger partial charge is 0.345 e. The van der Waals surface area contributed by atoms with Crippen LogP contribution in [0.25, 0.3) is 0 Å². The summed E-state index contributed by atoms with van der Waals surface area (Å²) in [4.78, 5) is 8.44. The normalized spacial score (nSPS) is 24.1. The van der Waals surface area contributed by atoms with Gasteiger partial charge in [0.25, 0.3) is 0 Å². The van der Waals surface area contributed by atoms with Crippen molar-refractivity contribution in [3.8, 4) is 0 Å². The fourth-order valence-corrected chi connectivity index (χ4v) is 5.07. The van der Waals surface area contributed by atoms with Crippen LogP contribution in [0.3, 0.4) is 0 Å². The van der Waals surface area contributed by atoms with Crippen LogP contribution < -0.4 is 10.2 Å². The zero-order valence-electron chi connectivity index (χ0n) is 12.5. The van der Waals surface area contributed by atoms with Gasteiger partial charge in [0.15, 0.2) is 5.13 Å². The summed E-state index contributed by atoms with van der Waals surface area (Å²) >= 11 is 1.78. The number of thiazole rings is 1. The van der Waals surface area contributed by atoms with Gasteiger partial charge in [0, 0.05) is 31.1 Å². The molecule has 0 radical (unpaired) electrons. The Morgan fingerprint density at radius 2 is 2.00 bits per heavy atom. The highest BCUT2D eigenvalue weighted by atomic mass is 32.2. The predicted molar refractivity (Wildman–Crippen MR) is 85.5 cm³/mol. The lowest BCUT2D eigenvalue weighted by Gasteiger charge is -2.33. The lowest BCUT2D eigenvalue weighted by molar-refractivity contribution is 0.387. The van der Waals surface area contributed by atoms with Gasteiger partial charge in [-0.15, -0.1) is 11.3 Å². The summed E-state index contributed by atoms with van der Waals surface area (Å²) in [5, 5.41) is 4.39. The number of rotatable bonds is 3. The first-order chi connectivity index (χ1) is 9.99. The molecule has 0 amide bonds. The first kappa shape index (κ1) is 15.2. The van der Waals surface area contributed by atoms with Gasteiger partial charge >= 0.3 is 0 Å². The van der Waals surface area contributed by atoms with Crippen molar-refractivity contribution in [3.05, 3.63) is 10.6 Å². The number of anilines is 1. The fraction of sp³-hybridized carbons (Fsp3) is 0.769. The highest BCUT2D eigenvalue weighted by Gasteiger charge is 2.28. The summed E-state index contributed by atoms with van der Waals surface area (Å²) in [7, 11) is -1.08. The van der Waals surface area contributed by atoms with Crippen LogP contribution >= 0.6 is 11.3 Å². The molecule has 3 rings (SSSR count). The van der Waals surface area contributed by atoms with Gasteiger partial charge in [-0.1, -0.05) is 0 Å². The number of sulfonamides is 1. The number of aryl methyl sites for hydroxylation is 1. The number of fused-ring (bicyclic) bond motifs is 1. The van der Waals surface area contributed by atoms with E-state index in [1.165, 1.54) is 23.2 Å². The molecule has 0 aromatic carbocycles. The van der Waals surface area contributed by atoms with Crippen molar-refractivity contribution in [3.63, 3.8) is 0 Å². The molecule has 2 aliphatic rings. The molecular formula is C13H22N4O2S2. The van der Waals surface area contributed by atoms with E-state index in [4.69, 9.17) is 4.98 Å². The monoisotopic (exact) mass is 330 g/mol. The Morgan fingerprint density at radius 1 is 1.29 bits per heavy atom. The molecule has 21 heavy (non-hydrogen) atoms. The Hall–Kier alpha value is -0.700. The molecule has 118 valence electrons. The van der Waals surface area contributed by atoms with Crippen molar-refractivity contribution in [1.82, 2.24) is 14.6 Å². The molecule has 1 aliphatic heterocycles. The fourth-order valence-electron chi connectivity index (χ4n) is 3.03. The quantitative estimate of drug-likeness (QED) is 0.889. The van der Waals surface area contributed by atoms with Crippen LogP contribution in [0.5, 0.6) is 0 Å². The van der Waals surface area contributed by atoms with Crippen LogP contribution in [0.1, 0.15) is 29.5 Å². The smallest absolute Gasteiger partial charge is 0.211 e. The highest BCUT2D eigenvalue weighted by Crippen LogP contribution is 2.36. The van der Waals surface area contributed by atoms with Gasteiger partial charge in [-0.05, 0) is 26.3 Å². The molecule has 6 nitrogen and oxygen atoms in total. The van der Waals surface area contributed by atoms with Crippen LogP contribution in [0.2, 0.25) is 0 Å². The second-order valence-corrected chi connectivity index (χ2v) is 8.73. The van der Waals surface area contributed by atoms with E-state index >= 15 is 0 Å². The van der Waals surface area contributed by atoms with Crippen LogP contribution in [0.4, 0.5) is 5.13 Å². The van der Waals surface area contributed by atoms with Gasteiger partial charge in [-0.3, -0.25) is 0 Å². The number of nitrogens with zero attached hydrogens (tertiary/aromatic N) is 3. The third kappa shape index (κ3) is 3.08. The van der Waals surface area contributed by atoms with Crippen LogP contribution in [-0.2, 0) is 16.4 Å². The summed E-state index contributed by atoms with van der Waals surface area (Å²) in [5.74, 6) is 0. The Morgan fingerprint density at radius 3 is 2.62 bits per heavy atom. The van der Waals surface area contributed by atoms with Gasteiger partial charge in [0.2, 0.25) is 10.0 Å². The van der Waals surface area contributed by atoms with E-state index in [0.717, 1.165) is 31.1 Å². The van der Waals surface area contributed by atoms with Crippen LogP contribution in [-0.4, -0.2) is 57.2 Å². The van der Waals surface area contributed by atoms with Crippen molar-refractivity contribution in [2.45, 2.75) is 25.3 Å². The topological polar surface area (TPSA) is 65.5 Å².